The van der Waals surface area contributed by atoms with Gasteiger partial charge in [-0.05, 0) is 41.6 Å². The highest BCUT2D eigenvalue weighted by Gasteiger charge is 2.48. The molecular formula is C31H45N7O3Si. The molecule has 1 aromatic carbocycles. The molecule has 1 amide bonds. The summed E-state index contributed by atoms with van der Waals surface area (Å²) in [6.07, 6.45) is 13.9. The van der Waals surface area contributed by atoms with Crippen molar-refractivity contribution in [3.05, 3.63) is 63.7 Å². The zero-order valence-electron chi connectivity index (χ0n) is 25.8. The molecule has 10 nitrogen and oxygen atoms in total. The summed E-state index contributed by atoms with van der Waals surface area (Å²) in [4.78, 5) is 36.4. The minimum absolute atomic E-state index is 0.0595. The fraction of sp³-hybridized carbons (Fsp3) is 0.581. The largest absolute Gasteiger partial charge is 0.332 e. The van der Waals surface area contributed by atoms with E-state index >= 15 is 0 Å². The number of hydrogen-bond donors (Lipinski definition) is 0. The SMILES string of the molecule is CCCCC(CCCC)(CCCC)[Si](C)(C)c1cc([N+](=O)[O-])ccc1C(=O)N1CCc2c(nnn2-c2ncccn2)C1. The molecule has 0 N–H and O–H groups in total. The second-order valence-corrected chi connectivity index (χ2v) is 17.0. The van der Waals surface area contributed by atoms with E-state index in [4.69, 9.17) is 0 Å². The van der Waals surface area contributed by atoms with E-state index in [1.165, 1.54) is 6.07 Å². The summed E-state index contributed by atoms with van der Waals surface area (Å²) in [6, 6.07) is 6.68. The quantitative estimate of drug-likeness (QED) is 0.121. The molecule has 1 aliphatic rings. The Morgan fingerprint density at radius 3 is 2.21 bits per heavy atom. The fourth-order valence-electron chi connectivity index (χ4n) is 6.60. The van der Waals surface area contributed by atoms with Gasteiger partial charge in [-0.25, -0.2) is 9.97 Å². The molecule has 1 aliphatic heterocycles. The molecule has 4 rings (SSSR count). The number of non-ortho nitro benzene ring substituents is 1. The average Bonchev–Trinajstić information content (AvgIpc) is 3.44. The zero-order chi connectivity index (χ0) is 30.3. The van der Waals surface area contributed by atoms with Crippen molar-refractivity contribution in [2.45, 2.75) is 110 Å². The van der Waals surface area contributed by atoms with Crippen molar-refractivity contribution < 1.29 is 9.72 Å². The van der Waals surface area contributed by atoms with Gasteiger partial charge in [0.2, 0.25) is 0 Å². The molecule has 0 saturated heterocycles. The predicted octanol–water partition coefficient (Wildman–Crippen LogP) is 6.39. The van der Waals surface area contributed by atoms with Crippen LogP contribution in [0.5, 0.6) is 0 Å². The maximum absolute atomic E-state index is 14.3. The van der Waals surface area contributed by atoms with Crippen molar-refractivity contribution >= 4 is 24.9 Å². The first-order valence-corrected chi connectivity index (χ1v) is 18.5. The first-order valence-electron chi connectivity index (χ1n) is 15.5. The van der Waals surface area contributed by atoms with Crippen LogP contribution in [0.1, 0.15) is 100 Å². The van der Waals surface area contributed by atoms with Crippen molar-refractivity contribution in [3.63, 3.8) is 0 Å². The molecule has 0 spiro atoms. The number of carbonyl (C=O) groups excluding carboxylic acids is 1. The van der Waals surface area contributed by atoms with Crippen LogP contribution in [0.3, 0.4) is 0 Å². The molecule has 0 radical (unpaired) electrons. The molecule has 0 saturated carbocycles. The number of rotatable bonds is 14. The Kier molecular flexibility index (Phi) is 10.2. The van der Waals surface area contributed by atoms with Crippen molar-refractivity contribution in [1.82, 2.24) is 29.9 Å². The Bertz CT molecular complexity index is 1350. The maximum Gasteiger partial charge on any atom is 0.269 e. The fourth-order valence-corrected chi connectivity index (χ4v) is 11.0. The van der Waals surface area contributed by atoms with Crippen LogP contribution < -0.4 is 5.19 Å². The van der Waals surface area contributed by atoms with E-state index in [-0.39, 0.29) is 21.6 Å². The lowest BCUT2D eigenvalue weighted by Crippen LogP contribution is -2.56. The molecule has 226 valence electrons. The monoisotopic (exact) mass is 591 g/mol. The van der Waals surface area contributed by atoms with Gasteiger partial charge in [0.1, 0.15) is 5.69 Å². The van der Waals surface area contributed by atoms with E-state index < -0.39 is 8.07 Å². The standard InChI is InChI=1S/C31H45N7O3Si/c1-6-9-16-31(17-10-7-2,18-11-8-3)42(4,5)28-22-24(38(40)41)13-14-25(28)29(39)36-21-15-27-26(23-36)34-35-37(27)30-32-19-12-20-33-30/h12-14,19-20,22H,6-11,15-18,21,23H2,1-5H3. The Hall–Kier alpha value is -3.47. The molecule has 11 heteroatoms. The van der Waals surface area contributed by atoms with E-state index in [9.17, 15) is 14.9 Å². The Morgan fingerprint density at radius 2 is 1.64 bits per heavy atom. The van der Waals surface area contributed by atoms with Gasteiger partial charge in [0.15, 0.2) is 0 Å². The molecule has 2 aromatic heterocycles. The van der Waals surface area contributed by atoms with Crippen LogP contribution >= 0.6 is 0 Å². The number of nitro groups is 1. The minimum atomic E-state index is -2.43. The summed E-state index contributed by atoms with van der Waals surface area (Å²) in [5, 5.41) is 21.6. The predicted molar refractivity (Wildman–Crippen MR) is 167 cm³/mol. The van der Waals surface area contributed by atoms with Crippen molar-refractivity contribution in [2.75, 3.05) is 6.54 Å². The molecule has 0 unspecified atom stereocenters. The smallest absolute Gasteiger partial charge is 0.269 e. The number of hydrogen-bond acceptors (Lipinski definition) is 7. The molecule has 3 aromatic rings. The zero-order valence-corrected chi connectivity index (χ0v) is 26.8. The van der Waals surface area contributed by atoms with Crippen LogP contribution in [-0.2, 0) is 13.0 Å². The lowest BCUT2D eigenvalue weighted by atomic mass is 9.89. The summed E-state index contributed by atoms with van der Waals surface area (Å²) in [7, 11) is -2.43. The first-order chi connectivity index (χ1) is 20.2. The highest BCUT2D eigenvalue weighted by Crippen LogP contribution is 2.52. The summed E-state index contributed by atoms with van der Waals surface area (Å²) >= 11 is 0. The number of nitro benzene ring substituents is 1. The number of carbonyl (C=O) groups is 1. The molecule has 0 atom stereocenters. The van der Waals surface area contributed by atoms with Crippen molar-refractivity contribution in [3.8, 4) is 5.95 Å². The van der Waals surface area contributed by atoms with Gasteiger partial charge in [-0.1, -0.05) is 77.6 Å². The highest BCUT2D eigenvalue weighted by molar-refractivity contribution is 6.93. The molecule has 0 aliphatic carbocycles. The van der Waals surface area contributed by atoms with Crippen LogP contribution in [0.4, 0.5) is 5.69 Å². The van der Waals surface area contributed by atoms with Gasteiger partial charge in [-0.2, -0.15) is 4.68 Å². The van der Waals surface area contributed by atoms with Crippen LogP contribution in [-0.4, -0.2) is 55.3 Å². The molecule has 0 fully saturated rings. The summed E-state index contributed by atoms with van der Waals surface area (Å²) in [5.74, 6) is 0.367. The Morgan fingerprint density at radius 1 is 1.02 bits per heavy atom. The third-order valence-electron chi connectivity index (χ3n) is 9.30. The van der Waals surface area contributed by atoms with Gasteiger partial charge in [-0.15, -0.1) is 5.10 Å². The molecule has 42 heavy (non-hydrogen) atoms. The number of unbranched alkanes of at least 4 members (excludes halogenated alkanes) is 3. The van der Waals surface area contributed by atoms with E-state index in [2.05, 4.69) is 54.1 Å². The van der Waals surface area contributed by atoms with Crippen LogP contribution in [0.15, 0.2) is 36.7 Å². The third kappa shape index (κ3) is 6.30. The van der Waals surface area contributed by atoms with Gasteiger partial charge in [-0.3, -0.25) is 14.9 Å². The second-order valence-electron chi connectivity index (χ2n) is 12.1. The first kappa shape index (κ1) is 31.5. The second kappa shape index (κ2) is 13.7. The minimum Gasteiger partial charge on any atom is -0.332 e. The van der Waals surface area contributed by atoms with Gasteiger partial charge in [0.05, 0.1) is 25.2 Å². The van der Waals surface area contributed by atoms with E-state index in [1.54, 1.807) is 35.3 Å². The highest BCUT2D eigenvalue weighted by atomic mass is 28.3. The van der Waals surface area contributed by atoms with Gasteiger partial charge in [0, 0.05) is 43.1 Å². The molecule has 3 heterocycles. The normalized spacial score (nSPS) is 13.7. The van der Waals surface area contributed by atoms with Gasteiger partial charge < -0.3 is 4.90 Å². The maximum atomic E-state index is 14.3. The third-order valence-corrected chi connectivity index (χ3v) is 14.5. The van der Waals surface area contributed by atoms with Crippen LogP contribution in [0.2, 0.25) is 18.1 Å². The number of aromatic nitrogens is 5. The van der Waals surface area contributed by atoms with E-state index in [0.29, 0.717) is 31.0 Å². The van der Waals surface area contributed by atoms with E-state index in [0.717, 1.165) is 74.4 Å². The van der Waals surface area contributed by atoms with E-state index in [1.807, 2.05) is 4.90 Å². The lowest BCUT2D eigenvalue weighted by Gasteiger charge is -2.48. The van der Waals surface area contributed by atoms with Crippen molar-refractivity contribution in [2.24, 2.45) is 0 Å². The number of fused-ring (bicyclic) bond motifs is 1. The average molecular weight is 592 g/mol. The topological polar surface area (TPSA) is 120 Å². The lowest BCUT2D eigenvalue weighted by molar-refractivity contribution is -0.384. The van der Waals surface area contributed by atoms with Crippen LogP contribution in [0.25, 0.3) is 5.95 Å². The summed E-state index contributed by atoms with van der Waals surface area (Å²) in [5.41, 5.74) is 2.30. The summed E-state index contributed by atoms with van der Waals surface area (Å²) in [6.45, 7) is 12.2. The number of amides is 1. The van der Waals surface area contributed by atoms with Gasteiger partial charge >= 0.3 is 0 Å². The Balaban J connectivity index is 1.74. The number of nitrogens with zero attached hydrogens (tertiary/aromatic N) is 7. The van der Waals surface area contributed by atoms with Crippen molar-refractivity contribution in [1.29, 1.82) is 0 Å². The molecular weight excluding hydrogens is 546 g/mol. The van der Waals surface area contributed by atoms with Crippen LogP contribution in [0, 0.1) is 10.1 Å². The Labute approximate surface area is 250 Å². The molecule has 0 bridgehead atoms. The number of benzene rings is 1. The van der Waals surface area contributed by atoms with Gasteiger partial charge in [0.25, 0.3) is 17.5 Å². The summed E-state index contributed by atoms with van der Waals surface area (Å²) < 4.78 is 1.65.